The third kappa shape index (κ3) is 10.5. The summed E-state index contributed by atoms with van der Waals surface area (Å²) in [7, 11) is 4.39. The van der Waals surface area contributed by atoms with Gasteiger partial charge in [0.25, 0.3) is 0 Å². The Kier molecular flexibility index (Phi) is 10.2. The first-order chi connectivity index (χ1) is 10.2. The standard InChI is InChI=1S/C7H8.2C6H13N/c3*1-7-5-3-2-4-6-7/h2-6H,1H3;2*2-6H2,1H3. The molecule has 0 atom stereocenters. The number of hydrogen-bond acceptors (Lipinski definition) is 2. The molecule has 2 heterocycles. The van der Waals surface area contributed by atoms with Crippen LogP contribution in [0.25, 0.3) is 0 Å². The zero-order chi connectivity index (χ0) is 15.3. The van der Waals surface area contributed by atoms with Crippen molar-refractivity contribution < 1.29 is 0 Å². The van der Waals surface area contributed by atoms with Gasteiger partial charge in [-0.25, -0.2) is 0 Å². The van der Waals surface area contributed by atoms with Crippen LogP contribution < -0.4 is 0 Å². The zero-order valence-corrected chi connectivity index (χ0v) is 14.4. The van der Waals surface area contributed by atoms with Crippen LogP contribution in [-0.2, 0) is 0 Å². The number of likely N-dealkylation sites (tertiary alicyclic amines) is 2. The van der Waals surface area contributed by atoms with E-state index in [1.807, 2.05) is 18.2 Å². The lowest BCUT2D eigenvalue weighted by Crippen LogP contribution is -2.24. The van der Waals surface area contributed by atoms with Crippen LogP contribution in [0.2, 0.25) is 0 Å². The Bertz CT molecular complexity index is 309. The molecule has 3 rings (SSSR count). The van der Waals surface area contributed by atoms with Crippen LogP contribution in [0, 0.1) is 6.92 Å². The molecule has 2 fully saturated rings. The Morgan fingerprint density at radius 2 is 1.00 bits per heavy atom. The highest BCUT2D eigenvalue weighted by atomic mass is 15.1. The van der Waals surface area contributed by atoms with Crippen molar-refractivity contribution in [3.05, 3.63) is 35.9 Å². The van der Waals surface area contributed by atoms with Crippen LogP contribution in [0.15, 0.2) is 30.3 Å². The molecule has 0 N–H and O–H groups in total. The minimum Gasteiger partial charge on any atom is -0.306 e. The zero-order valence-electron chi connectivity index (χ0n) is 14.4. The third-order valence-electron chi connectivity index (χ3n) is 4.10. The molecule has 2 aliphatic rings. The van der Waals surface area contributed by atoms with Crippen LogP contribution in [0.1, 0.15) is 44.1 Å². The fourth-order valence-electron chi connectivity index (χ4n) is 2.64. The van der Waals surface area contributed by atoms with E-state index in [1.54, 1.807) is 0 Å². The first-order valence-electron chi connectivity index (χ1n) is 8.57. The van der Waals surface area contributed by atoms with Gasteiger partial charge in [-0.2, -0.15) is 0 Å². The Morgan fingerprint density at radius 1 is 0.619 bits per heavy atom. The van der Waals surface area contributed by atoms with Crippen molar-refractivity contribution in [2.45, 2.75) is 45.4 Å². The Balaban J connectivity index is 0.000000157. The summed E-state index contributed by atoms with van der Waals surface area (Å²) in [6.07, 6.45) is 8.55. The highest BCUT2D eigenvalue weighted by Crippen LogP contribution is 2.05. The van der Waals surface area contributed by atoms with Gasteiger partial charge < -0.3 is 9.80 Å². The van der Waals surface area contributed by atoms with Gasteiger partial charge in [0.15, 0.2) is 0 Å². The molecule has 0 aliphatic carbocycles. The molecule has 1 aromatic rings. The summed E-state index contributed by atoms with van der Waals surface area (Å²) in [4.78, 5) is 4.78. The van der Waals surface area contributed by atoms with E-state index in [4.69, 9.17) is 0 Å². The molecule has 0 bridgehead atoms. The SMILES string of the molecule is CN1CCCCC1.CN1CCCCC1.Cc1ccccc1. The van der Waals surface area contributed by atoms with Crippen molar-refractivity contribution >= 4 is 0 Å². The smallest absolute Gasteiger partial charge is 0.00218 e. The Morgan fingerprint density at radius 3 is 1.19 bits per heavy atom. The summed E-state index contributed by atoms with van der Waals surface area (Å²) in [6.45, 7) is 7.36. The topological polar surface area (TPSA) is 6.48 Å². The van der Waals surface area contributed by atoms with E-state index in [2.05, 4.69) is 43.0 Å². The molecule has 21 heavy (non-hydrogen) atoms. The molecule has 1 aromatic carbocycles. The quantitative estimate of drug-likeness (QED) is 0.706. The third-order valence-corrected chi connectivity index (χ3v) is 4.10. The molecule has 0 aromatic heterocycles. The number of nitrogens with zero attached hydrogens (tertiary/aromatic N) is 2. The Hall–Kier alpha value is -0.860. The highest BCUT2D eigenvalue weighted by molar-refractivity contribution is 5.11. The summed E-state index contributed by atoms with van der Waals surface area (Å²) in [5.74, 6) is 0. The molecular formula is C19H34N2. The van der Waals surface area contributed by atoms with E-state index >= 15 is 0 Å². The summed E-state index contributed by atoms with van der Waals surface area (Å²) in [5, 5.41) is 0. The maximum atomic E-state index is 2.39. The highest BCUT2D eigenvalue weighted by Gasteiger charge is 2.02. The van der Waals surface area contributed by atoms with Gasteiger partial charge >= 0.3 is 0 Å². The first kappa shape index (κ1) is 18.2. The molecule has 0 saturated carbocycles. The van der Waals surface area contributed by atoms with Crippen LogP contribution >= 0.6 is 0 Å². The van der Waals surface area contributed by atoms with Crippen molar-refractivity contribution in [1.82, 2.24) is 9.80 Å². The largest absolute Gasteiger partial charge is 0.306 e. The summed E-state index contributed by atoms with van der Waals surface area (Å²) >= 11 is 0. The lowest BCUT2D eigenvalue weighted by Gasteiger charge is -2.20. The molecule has 120 valence electrons. The average Bonchev–Trinajstić information content (AvgIpc) is 2.51. The molecular weight excluding hydrogens is 256 g/mol. The monoisotopic (exact) mass is 290 g/mol. The summed E-state index contributed by atoms with van der Waals surface area (Å²) in [6, 6.07) is 10.3. The van der Waals surface area contributed by atoms with Crippen LogP contribution in [0.3, 0.4) is 0 Å². The molecule has 2 aliphatic heterocycles. The van der Waals surface area contributed by atoms with Crippen LogP contribution in [-0.4, -0.2) is 50.1 Å². The van der Waals surface area contributed by atoms with Crippen molar-refractivity contribution in [3.63, 3.8) is 0 Å². The second-order valence-corrected chi connectivity index (χ2v) is 6.38. The number of aryl methyl sites for hydroxylation is 1. The summed E-state index contributed by atoms with van der Waals surface area (Å²) < 4.78 is 0. The van der Waals surface area contributed by atoms with Gasteiger partial charge in [-0.05, 0) is 72.9 Å². The van der Waals surface area contributed by atoms with Crippen LogP contribution in [0.4, 0.5) is 0 Å². The van der Waals surface area contributed by atoms with E-state index in [0.717, 1.165) is 0 Å². The molecule has 2 heteroatoms. The van der Waals surface area contributed by atoms with E-state index < -0.39 is 0 Å². The molecule has 0 amide bonds. The lowest BCUT2D eigenvalue weighted by atomic mass is 10.1. The van der Waals surface area contributed by atoms with Gasteiger partial charge in [0.05, 0.1) is 0 Å². The minimum absolute atomic E-state index is 1.32. The predicted octanol–water partition coefficient (Wildman–Crippen LogP) is 4.20. The number of piperidine rings is 2. The molecule has 0 radical (unpaired) electrons. The van der Waals surface area contributed by atoms with E-state index in [9.17, 15) is 0 Å². The van der Waals surface area contributed by atoms with Crippen molar-refractivity contribution in [2.24, 2.45) is 0 Å². The van der Waals surface area contributed by atoms with Gasteiger partial charge in [0, 0.05) is 0 Å². The molecule has 2 nitrogen and oxygen atoms in total. The molecule has 0 unspecified atom stereocenters. The van der Waals surface area contributed by atoms with E-state index in [1.165, 1.54) is 70.3 Å². The van der Waals surface area contributed by atoms with E-state index in [0.29, 0.717) is 0 Å². The first-order valence-corrected chi connectivity index (χ1v) is 8.57. The van der Waals surface area contributed by atoms with Gasteiger partial charge in [0.2, 0.25) is 0 Å². The number of benzene rings is 1. The minimum atomic E-state index is 1.32. The fraction of sp³-hybridized carbons (Fsp3) is 0.684. The maximum Gasteiger partial charge on any atom is -0.00218 e. The normalized spacial score (nSPS) is 19.8. The van der Waals surface area contributed by atoms with Crippen molar-refractivity contribution in [2.75, 3.05) is 40.3 Å². The van der Waals surface area contributed by atoms with Crippen molar-refractivity contribution in [3.8, 4) is 0 Å². The molecule has 0 spiro atoms. The second kappa shape index (κ2) is 11.8. The van der Waals surface area contributed by atoms with E-state index in [-0.39, 0.29) is 0 Å². The van der Waals surface area contributed by atoms with Gasteiger partial charge in [-0.3, -0.25) is 0 Å². The number of hydrogen-bond donors (Lipinski definition) is 0. The Labute approximate surface area is 132 Å². The maximum absolute atomic E-state index is 2.39. The van der Waals surface area contributed by atoms with Gasteiger partial charge in [-0.15, -0.1) is 0 Å². The van der Waals surface area contributed by atoms with Crippen molar-refractivity contribution in [1.29, 1.82) is 0 Å². The molecule has 2 saturated heterocycles. The second-order valence-electron chi connectivity index (χ2n) is 6.38. The van der Waals surface area contributed by atoms with Gasteiger partial charge in [-0.1, -0.05) is 48.7 Å². The van der Waals surface area contributed by atoms with Gasteiger partial charge in [0.1, 0.15) is 0 Å². The predicted molar refractivity (Wildman–Crippen MR) is 93.9 cm³/mol. The van der Waals surface area contributed by atoms with Crippen LogP contribution in [0.5, 0.6) is 0 Å². The average molecular weight is 290 g/mol. The number of rotatable bonds is 0. The summed E-state index contributed by atoms with van der Waals surface area (Å²) in [5.41, 5.74) is 1.32. The lowest BCUT2D eigenvalue weighted by molar-refractivity contribution is 0.277. The fourth-order valence-corrected chi connectivity index (χ4v) is 2.64.